The molecule has 0 spiro atoms. The Morgan fingerprint density at radius 3 is 2.80 bits per heavy atom. The summed E-state index contributed by atoms with van der Waals surface area (Å²) in [5.41, 5.74) is 2.34. The van der Waals surface area contributed by atoms with Crippen molar-refractivity contribution in [1.29, 1.82) is 5.26 Å². The van der Waals surface area contributed by atoms with Gasteiger partial charge in [0.15, 0.2) is 0 Å². The zero-order chi connectivity index (χ0) is 11.4. The number of nitrogens with zero attached hydrogens (tertiary/aromatic N) is 1. The Balaban J connectivity index is 3.01. The Kier molecular flexibility index (Phi) is 3.87. The number of carbonyl (C=O) groups excluding carboxylic acids is 1. The summed E-state index contributed by atoms with van der Waals surface area (Å²) in [6.45, 7) is 3.69. The second-order valence-electron chi connectivity index (χ2n) is 3.32. The van der Waals surface area contributed by atoms with Crippen molar-refractivity contribution in [2.24, 2.45) is 0 Å². The first kappa shape index (κ1) is 11.7. The lowest BCUT2D eigenvalue weighted by Gasteiger charge is -2.09. The minimum absolute atomic E-state index is 0.0573. The van der Waals surface area contributed by atoms with Gasteiger partial charge in [0.25, 0.3) is 0 Å². The maximum Gasteiger partial charge on any atom is 0.148 e. The van der Waals surface area contributed by atoms with Gasteiger partial charge in [-0.15, -0.1) is 0 Å². The van der Waals surface area contributed by atoms with Crippen LogP contribution in [0.5, 0.6) is 0 Å². The van der Waals surface area contributed by atoms with Gasteiger partial charge in [-0.05, 0) is 47.5 Å². The van der Waals surface area contributed by atoms with Crippen molar-refractivity contribution in [1.82, 2.24) is 0 Å². The highest BCUT2D eigenvalue weighted by molar-refractivity contribution is 9.10. The van der Waals surface area contributed by atoms with Crippen LogP contribution in [0, 0.1) is 18.3 Å². The number of anilines is 1. The van der Waals surface area contributed by atoms with E-state index in [0.29, 0.717) is 5.56 Å². The van der Waals surface area contributed by atoms with Gasteiger partial charge in [-0.2, -0.15) is 5.26 Å². The zero-order valence-corrected chi connectivity index (χ0v) is 10.2. The number of hydrogen-bond acceptors (Lipinski definition) is 3. The third-order valence-electron chi connectivity index (χ3n) is 1.91. The topological polar surface area (TPSA) is 52.9 Å². The summed E-state index contributed by atoms with van der Waals surface area (Å²) in [6, 6.07) is 5.59. The minimum atomic E-state index is 0.0573. The van der Waals surface area contributed by atoms with E-state index in [1.54, 1.807) is 12.1 Å². The largest absolute Gasteiger partial charge is 0.377 e. The Hall–Kier alpha value is -1.34. The van der Waals surface area contributed by atoms with Crippen LogP contribution in [0.2, 0.25) is 0 Å². The molecule has 0 amide bonds. The standard InChI is InChI=1S/C11H11BrN2O/c1-7-3-9(5-13)4-10(11(7)12)14-6-8(2)15/h3-4,14H,6H2,1-2H3. The van der Waals surface area contributed by atoms with Gasteiger partial charge in [0.05, 0.1) is 23.9 Å². The van der Waals surface area contributed by atoms with E-state index in [1.165, 1.54) is 6.92 Å². The fourth-order valence-electron chi connectivity index (χ4n) is 1.18. The molecule has 1 N–H and O–H groups in total. The summed E-state index contributed by atoms with van der Waals surface area (Å²) in [5, 5.41) is 11.8. The van der Waals surface area contributed by atoms with Crippen LogP contribution in [0.15, 0.2) is 16.6 Å². The number of hydrogen-bond donors (Lipinski definition) is 1. The van der Waals surface area contributed by atoms with Gasteiger partial charge in [0.1, 0.15) is 5.78 Å². The van der Waals surface area contributed by atoms with Crippen LogP contribution in [-0.4, -0.2) is 12.3 Å². The molecule has 1 aromatic carbocycles. The average Bonchev–Trinajstić information content (AvgIpc) is 2.19. The predicted octanol–water partition coefficient (Wildman–Crippen LogP) is 2.63. The lowest BCUT2D eigenvalue weighted by molar-refractivity contribution is -0.115. The molecule has 0 atom stereocenters. The first-order chi connectivity index (χ1) is 7.04. The van der Waals surface area contributed by atoms with Crippen LogP contribution in [0.25, 0.3) is 0 Å². The zero-order valence-electron chi connectivity index (χ0n) is 8.60. The SMILES string of the molecule is CC(=O)CNc1cc(C#N)cc(C)c1Br. The molecule has 0 bridgehead atoms. The third-order valence-corrected chi connectivity index (χ3v) is 2.96. The Bertz CT molecular complexity index is 435. The predicted molar refractivity (Wildman–Crippen MR) is 62.8 cm³/mol. The summed E-state index contributed by atoms with van der Waals surface area (Å²) >= 11 is 3.41. The maximum absolute atomic E-state index is 10.8. The molecule has 0 radical (unpaired) electrons. The van der Waals surface area contributed by atoms with Crippen molar-refractivity contribution in [3.05, 3.63) is 27.7 Å². The first-order valence-corrected chi connectivity index (χ1v) is 5.27. The summed E-state index contributed by atoms with van der Waals surface area (Å²) in [4.78, 5) is 10.8. The van der Waals surface area contributed by atoms with Gasteiger partial charge in [0, 0.05) is 4.47 Å². The highest BCUT2D eigenvalue weighted by atomic mass is 79.9. The molecule has 0 saturated heterocycles. The third kappa shape index (κ3) is 3.07. The van der Waals surface area contributed by atoms with E-state index in [4.69, 9.17) is 5.26 Å². The van der Waals surface area contributed by atoms with Crippen molar-refractivity contribution in [3.8, 4) is 6.07 Å². The molecule has 3 nitrogen and oxygen atoms in total. The van der Waals surface area contributed by atoms with E-state index in [2.05, 4.69) is 27.3 Å². The quantitative estimate of drug-likeness (QED) is 0.915. The van der Waals surface area contributed by atoms with Crippen molar-refractivity contribution < 1.29 is 4.79 Å². The minimum Gasteiger partial charge on any atom is -0.377 e. The lowest BCUT2D eigenvalue weighted by atomic mass is 10.1. The molecule has 0 fully saturated rings. The molecule has 4 heteroatoms. The second kappa shape index (κ2) is 4.94. The molecule has 1 aromatic rings. The number of halogens is 1. The number of aryl methyl sites for hydroxylation is 1. The van der Waals surface area contributed by atoms with Crippen LogP contribution in [0.4, 0.5) is 5.69 Å². The number of nitrogens with one attached hydrogen (secondary N) is 1. The molecule has 0 aliphatic rings. The molecule has 78 valence electrons. The van der Waals surface area contributed by atoms with Crippen LogP contribution < -0.4 is 5.32 Å². The van der Waals surface area contributed by atoms with Crippen LogP contribution >= 0.6 is 15.9 Å². The summed E-state index contributed by atoms with van der Waals surface area (Å²) in [5.74, 6) is 0.0573. The number of ketones is 1. The molecule has 15 heavy (non-hydrogen) atoms. The number of benzene rings is 1. The maximum atomic E-state index is 10.8. The number of carbonyl (C=O) groups is 1. The van der Waals surface area contributed by atoms with Crippen molar-refractivity contribution in [3.63, 3.8) is 0 Å². The van der Waals surface area contributed by atoms with E-state index in [0.717, 1.165) is 15.7 Å². The molecule has 0 aromatic heterocycles. The van der Waals surface area contributed by atoms with Gasteiger partial charge in [-0.25, -0.2) is 0 Å². The lowest BCUT2D eigenvalue weighted by Crippen LogP contribution is -2.10. The smallest absolute Gasteiger partial charge is 0.148 e. The number of nitriles is 1. The Labute approximate surface area is 97.2 Å². The monoisotopic (exact) mass is 266 g/mol. The van der Waals surface area contributed by atoms with Crippen molar-refractivity contribution in [2.75, 3.05) is 11.9 Å². The fraction of sp³-hybridized carbons (Fsp3) is 0.273. The van der Waals surface area contributed by atoms with E-state index >= 15 is 0 Å². The van der Waals surface area contributed by atoms with E-state index in [9.17, 15) is 4.79 Å². The Morgan fingerprint density at radius 2 is 2.27 bits per heavy atom. The van der Waals surface area contributed by atoms with Gasteiger partial charge < -0.3 is 5.32 Å². The first-order valence-electron chi connectivity index (χ1n) is 4.48. The molecule has 1 rings (SSSR count). The second-order valence-corrected chi connectivity index (χ2v) is 4.12. The van der Waals surface area contributed by atoms with Crippen molar-refractivity contribution in [2.45, 2.75) is 13.8 Å². The highest BCUT2D eigenvalue weighted by Crippen LogP contribution is 2.27. The normalized spacial score (nSPS) is 9.47. The highest BCUT2D eigenvalue weighted by Gasteiger charge is 2.05. The van der Waals surface area contributed by atoms with Crippen LogP contribution in [0.3, 0.4) is 0 Å². The number of Topliss-reactive ketones (excluding diaryl/α,β-unsaturated/α-hetero) is 1. The van der Waals surface area contributed by atoms with Crippen molar-refractivity contribution >= 4 is 27.4 Å². The number of rotatable bonds is 3. The van der Waals surface area contributed by atoms with Gasteiger partial charge in [0.2, 0.25) is 0 Å². The fourth-order valence-corrected chi connectivity index (χ4v) is 1.55. The summed E-state index contributed by atoms with van der Waals surface area (Å²) in [7, 11) is 0. The summed E-state index contributed by atoms with van der Waals surface area (Å²) in [6.07, 6.45) is 0. The molecule has 0 saturated carbocycles. The molecular formula is C11H11BrN2O. The van der Waals surface area contributed by atoms with E-state index < -0.39 is 0 Å². The molecule has 0 unspecified atom stereocenters. The van der Waals surface area contributed by atoms with Crippen LogP contribution in [0.1, 0.15) is 18.1 Å². The molecule has 0 aliphatic heterocycles. The molecular weight excluding hydrogens is 256 g/mol. The molecule has 0 aliphatic carbocycles. The van der Waals surface area contributed by atoms with Gasteiger partial charge in [-0.1, -0.05) is 0 Å². The average molecular weight is 267 g/mol. The van der Waals surface area contributed by atoms with E-state index in [-0.39, 0.29) is 12.3 Å². The summed E-state index contributed by atoms with van der Waals surface area (Å²) < 4.78 is 0.891. The van der Waals surface area contributed by atoms with E-state index in [1.807, 2.05) is 6.92 Å². The Morgan fingerprint density at radius 1 is 1.60 bits per heavy atom. The molecule has 0 heterocycles. The van der Waals surface area contributed by atoms with Gasteiger partial charge in [-0.3, -0.25) is 4.79 Å². The van der Waals surface area contributed by atoms with Gasteiger partial charge >= 0.3 is 0 Å². The van der Waals surface area contributed by atoms with Crippen LogP contribution in [-0.2, 0) is 4.79 Å².